The smallest absolute Gasteiger partial charge is 0.311 e. The maximum atomic E-state index is 12.7. The van der Waals surface area contributed by atoms with Crippen molar-refractivity contribution in [2.45, 2.75) is 13.1 Å². The van der Waals surface area contributed by atoms with Gasteiger partial charge in [0.1, 0.15) is 11.5 Å². The third kappa shape index (κ3) is 3.48. The summed E-state index contributed by atoms with van der Waals surface area (Å²) in [6.07, 6.45) is -4.59. The fourth-order valence-corrected chi connectivity index (χ4v) is 2.55. The molecule has 4 nitrogen and oxygen atoms in total. The zero-order chi connectivity index (χ0) is 16.7. The van der Waals surface area contributed by atoms with E-state index in [2.05, 4.69) is 10.4 Å². The van der Waals surface area contributed by atoms with E-state index >= 15 is 0 Å². The highest BCUT2D eigenvalue weighted by atomic mass is 35.5. The lowest BCUT2D eigenvalue weighted by atomic mass is 10.2. The fourth-order valence-electron chi connectivity index (χ4n) is 1.72. The van der Waals surface area contributed by atoms with Crippen LogP contribution in [-0.4, -0.2) is 15.7 Å². The first-order chi connectivity index (χ1) is 10.1. The van der Waals surface area contributed by atoms with Gasteiger partial charge in [-0.1, -0.05) is 34.8 Å². The van der Waals surface area contributed by atoms with Gasteiger partial charge in [0.25, 0.3) is 0 Å². The monoisotopic (exact) mass is 371 g/mol. The lowest BCUT2D eigenvalue weighted by Crippen LogP contribution is -2.12. The SMILES string of the molecule is CC(=O)Nc1cc(Cl)nn1-c1c(Cl)cc(C(F)(F)F)cc1Cl. The van der Waals surface area contributed by atoms with E-state index < -0.39 is 17.6 Å². The molecule has 22 heavy (non-hydrogen) atoms. The summed E-state index contributed by atoms with van der Waals surface area (Å²) in [6, 6.07) is 2.75. The summed E-state index contributed by atoms with van der Waals surface area (Å²) in [4.78, 5) is 11.2. The van der Waals surface area contributed by atoms with Gasteiger partial charge in [0.05, 0.1) is 15.6 Å². The third-order valence-electron chi connectivity index (χ3n) is 2.54. The minimum atomic E-state index is -4.59. The van der Waals surface area contributed by atoms with Gasteiger partial charge in [-0.05, 0) is 12.1 Å². The Bertz CT molecular complexity index is 720. The molecule has 1 N–H and O–H groups in total. The zero-order valence-corrected chi connectivity index (χ0v) is 13.1. The largest absolute Gasteiger partial charge is 0.416 e. The molecule has 0 aliphatic rings. The minimum Gasteiger partial charge on any atom is -0.311 e. The molecule has 0 unspecified atom stereocenters. The highest BCUT2D eigenvalue weighted by Crippen LogP contribution is 2.38. The number of anilines is 1. The number of amides is 1. The second kappa shape index (κ2) is 5.98. The molecular weight excluding hydrogens is 366 g/mol. The predicted molar refractivity (Wildman–Crippen MR) is 77.9 cm³/mol. The molecule has 118 valence electrons. The lowest BCUT2D eigenvalue weighted by molar-refractivity contribution is -0.137. The highest BCUT2D eigenvalue weighted by molar-refractivity contribution is 6.38. The Labute approximate surface area is 137 Å². The maximum Gasteiger partial charge on any atom is 0.416 e. The molecule has 0 spiro atoms. The van der Waals surface area contributed by atoms with Gasteiger partial charge in [-0.15, -0.1) is 0 Å². The van der Waals surface area contributed by atoms with Crippen LogP contribution < -0.4 is 5.32 Å². The minimum absolute atomic E-state index is 0.00998. The van der Waals surface area contributed by atoms with E-state index in [9.17, 15) is 18.0 Å². The van der Waals surface area contributed by atoms with Crippen LogP contribution in [0, 0.1) is 0 Å². The van der Waals surface area contributed by atoms with Crippen LogP contribution >= 0.6 is 34.8 Å². The molecule has 0 saturated heterocycles. The molecule has 0 atom stereocenters. The van der Waals surface area contributed by atoms with Crippen LogP contribution in [0.3, 0.4) is 0 Å². The summed E-state index contributed by atoms with van der Waals surface area (Å²) in [7, 11) is 0. The molecule has 1 amide bonds. The average molecular weight is 373 g/mol. The summed E-state index contributed by atoms with van der Waals surface area (Å²) in [6.45, 7) is 1.25. The van der Waals surface area contributed by atoms with E-state index in [0.717, 1.165) is 16.8 Å². The summed E-state index contributed by atoms with van der Waals surface area (Å²) < 4.78 is 39.2. The topological polar surface area (TPSA) is 46.9 Å². The van der Waals surface area contributed by atoms with E-state index in [4.69, 9.17) is 34.8 Å². The van der Waals surface area contributed by atoms with Crippen LogP contribution in [0.5, 0.6) is 0 Å². The van der Waals surface area contributed by atoms with Crippen LogP contribution in [0.1, 0.15) is 12.5 Å². The van der Waals surface area contributed by atoms with Gasteiger partial charge in [-0.3, -0.25) is 4.79 Å². The van der Waals surface area contributed by atoms with Gasteiger partial charge in [-0.25, -0.2) is 4.68 Å². The molecule has 1 aromatic carbocycles. The van der Waals surface area contributed by atoms with Crippen molar-refractivity contribution in [2.75, 3.05) is 5.32 Å². The number of nitrogens with zero attached hydrogens (tertiary/aromatic N) is 2. The third-order valence-corrected chi connectivity index (χ3v) is 3.30. The first kappa shape index (κ1) is 16.9. The molecule has 0 bridgehead atoms. The van der Waals surface area contributed by atoms with E-state index in [0.29, 0.717) is 0 Å². The Hall–Kier alpha value is -1.44. The number of benzene rings is 1. The average Bonchev–Trinajstić information content (AvgIpc) is 2.67. The summed E-state index contributed by atoms with van der Waals surface area (Å²) in [5.74, 6) is -0.293. The van der Waals surface area contributed by atoms with E-state index in [1.165, 1.54) is 13.0 Å². The molecule has 2 rings (SSSR count). The first-order valence-corrected chi connectivity index (χ1v) is 6.82. The molecule has 2 aromatic rings. The number of nitrogens with one attached hydrogen (secondary N) is 1. The number of alkyl halides is 3. The Balaban J connectivity index is 2.61. The van der Waals surface area contributed by atoms with Crippen molar-refractivity contribution < 1.29 is 18.0 Å². The Morgan fingerprint density at radius 1 is 1.18 bits per heavy atom. The molecule has 0 saturated carbocycles. The molecule has 0 fully saturated rings. The second-order valence-corrected chi connectivity index (χ2v) is 5.43. The maximum absolute atomic E-state index is 12.7. The van der Waals surface area contributed by atoms with Crippen molar-refractivity contribution in [3.8, 4) is 5.69 Å². The van der Waals surface area contributed by atoms with Crippen molar-refractivity contribution in [3.63, 3.8) is 0 Å². The van der Waals surface area contributed by atoms with Crippen LogP contribution in [0.25, 0.3) is 5.69 Å². The van der Waals surface area contributed by atoms with Gasteiger partial charge in [0, 0.05) is 13.0 Å². The molecule has 0 aliphatic heterocycles. The van der Waals surface area contributed by atoms with Crippen LogP contribution in [0.15, 0.2) is 18.2 Å². The standard InChI is InChI=1S/C12H7Cl3F3N3O/c1-5(22)19-10-4-9(15)20-21(10)11-7(13)2-6(3-8(11)14)12(16,17)18/h2-4H,1H3,(H,19,22). The van der Waals surface area contributed by atoms with Crippen molar-refractivity contribution >= 4 is 46.5 Å². The van der Waals surface area contributed by atoms with E-state index in [1.807, 2.05) is 0 Å². The number of hydrogen-bond donors (Lipinski definition) is 1. The number of carbonyl (C=O) groups is 1. The number of halogens is 6. The summed E-state index contributed by atoms with van der Waals surface area (Å²) in [5.41, 5.74) is -1.02. The van der Waals surface area contributed by atoms with Crippen LogP contribution in [0.2, 0.25) is 15.2 Å². The number of aromatic nitrogens is 2. The fraction of sp³-hybridized carbons (Fsp3) is 0.167. The van der Waals surface area contributed by atoms with Crippen molar-refractivity contribution in [1.82, 2.24) is 9.78 Å². The lowest BCUT2D eigenvalue weighted by Gasteiger charge is -2.14. The zero-order valence-electron chi connectivity index (χ0n) is 10.8. The van der Waals surface area contributed by atoms with Crippen LogP contribution in [0.4, 0.5) is 19.0 Å². The Morgan fingerprint density at radius 3 is 2.18 bits per heavy atom. The molecule has 1 aromatic heterocycles. The summed E-state index contributed by atoms with van der Waals surface area (Å²) in [5, 5.41) is 5.73. The number of rotatable bonds is 2. The first-order valence-electron chi connectivity index (χ1n) is 5.69. The molecule has 0 radical (unpaired) electrons. The van der Waals surface area contributed by atoms with Crippen molar-refractivity contribution in [3.05, 3.63) is 39.0 Å². The van der Waals surface area contributed by atoms with E-state index in [-0.39, 0.29) is 26.7 Å². The molecule has 10 heteroatoms. The number of carbonyl (C=O) groups excluding carboxylic acids is 1. The van der Waals surface area contributed by atoms with E-state index in [1.54, 1.807) is 0 Å². The van der Waals surface area contributed by atoms with Gasteiger partial charge in [-0.2, -0.15) is 18.3 Å². The predicted octanol–water partition coefficient (Wildman–Crippen LogP) is 4.81. The highest BCUT2D eigenvalue weighted by Gasteiger charge is 2.32. The van der Waals surface area contributed by atoms with Gasteiger partial charge >= 0.3 is 6.18 Å². The van der Waals surface area contributed by atoms with Crippen molar-refractivity contribution in [2.24, 2.45) is 0 Å². The number of hydrogen-bond acceptors (Lipinski definition) is 2. The van der Waals surface area contributed by atoms with Gasteiger partial charge < -0.3 is 5.32 Å². The summed E-state index contributed by atoms with van der Waals surface area (Å²) >= 11 is 17.5. The Kier molecular flexibility index (Phi) is 4.60. The second-order valence-electron chi connectivity index (χ2n) is 4.23. The molecule has 0 aliphatic carbocycles. The van der Waals surface area contributed by atoms with Gasteiger partial charge in [0.2, 0.25) is 5.91 Å². The Morgan fingerprint density at radius 2 is 1.73 bits per heavy atom. The van der Waals surface area contributed by atoms with Gasteiger partial charge in [0.15, 0.2) is 5.15 Å². The normalized spacial score (nSPS) is 11.6. The quantitative estimate of drug-likeness (QED) is 0.822. The van der Waals surface area contributed by atoms with Crippen LogP contribution in [-0.2, 0) is 11.0 Å². The van der Waals surface area contributed by atoms with Crippen molar-refractivity contribution in [1.29, 1.82) is 0 Å². The molecule has 1 heterocycles. The molecular formula is C12H7Cl3F3N3O.